The molecule has 3 atom stereocenters. The Balaban J connectivity index is 2.05. The lowest BCUT2D eigenvalue weighted by atomic mass is 10.2. The zero-order valence-electron chi connectivity index (χ0n) is 11.7. The standard InChI is InChI=1S/C12H25NO5S/c1-10(9-19(2,15)16)13-6-11(14)7-17-8-12-4-3-5-18-12/h10-14H,3-9H2,1-2H3. The summed E-state index contributed by atoms with van der Waals surface area (Å²) in [5.74, 6) is 0.0660. The highest BCUT2D eigenvalue weighted by molar-refractivity contribution is 7.90. The summed E-state index contributed by atoms with van der Waals surface area (Å²) in [7, 11) is -2.99. The molecule has 1 fully saturated rings. The lowest BCUT2D eigenvalue weighted by Crippen LogP contribution is -2.39. The van der Waals surface area contributed by atoms with Gasteiger partial charge in [-0.2, -0.15) is 0 Å². The number of hydrogen-bond acceptors (Lipinski definition) is 6. The average Bonchev–Trinajstić information content (AvgIpc) is 2.77. The van der Waals surface area contributed by atoms with Crippen LogP contribution in [0.4, 0.5) is 0 Å². The molecule has 1 heterocycles. The molecule has 3 unspecified atom stereocenters. The number of sulfone groups is 1. The Bertz CT molecular complexity index is 340. The molecule has 1 aliphatic heterocycles. The Morgan fingerprint density at radius 2 is 2.26 bits per heavy atom. The third kappa shape index (κ3) is 8.54. The molecule has 6 nitrogen and oxygen atoms in total. The van der Waals surface area contributed by atoms with Gasteiger partial charge in [-0.25, -0.2) is 8.42 Å². The van der Waals surface area contributed by atoms with E-state index in [0.717, 1.165) is 19.4 Å². The van der Waals surface area contributed by atoms with Crippen LogP contribution in [-0.2, 0) is 19.3 Å². The predicted octanol–water partition coefficient (Wildman–Crippen LogP) is -0.434. The van der Waals surface area contributed by atoms with Gasteiger partial charge in [-0.1, -0.05) is 0 Å². The van der Waals surface area contributed by atoms with E-state index in [1.54, 1.807) is 6.92 Å². The largest absolute Gasteiger partial charge is 0.389 e. The summed E-state index contributed by atoms with van der Waals surface area (Å²) in [4.78, 5) is 0. The van der Waals surface area contributed by atoms with Crippen LogP contribution < -0.4 is 5.32 Å². The van der Waals surface area contributed by atoms with Crippen LogP contribution >= 0.6 is 0 Å². The first kappa shape index (κ1) is 16.8. The Morgan fingerprint density at radius 1 is 1.53 bits per heavy atom. The van der Waals surface area contributed by atoms with Crippen molar-refractivity contribution in [3.05, 3.63) is 0 Å². The van der Waals surface area contributed by atoms with Crippen molar-refractivity contribution >= 4 is 9.84 Å². The van der Waals surface area contributed by atoms with Crippen molar-refractivity contribution in [2.45, 2.75) is 38.0 Å². The minimum atomic E-state index is -2.99. The predicted molar refractivity (Wildman–Crippen MR) is 73.0 cm³/mol. The summed E-state index contributed by atoms with van der Waals surface area (Å²) < 4.78 is 32.9. The van der Waals surface area contributed by atoms with Gasteiger partial charge < -0.3 is 19.9 Å². The molecule has 114 valence electrons. The number of aliphatic hydroxyl groups excluding tert-OH is 1. The van der Waals surface area contributed by atoms with Crippen LogP contribution in [0.5, 0.6) is 0 Å². The number of aliphatic hydroxyl groups is 1. The van der Waals surface area contributed by atoms with Gasteiger partial charge in [-0.15, -0.1) is 0 Å². The van der Waals surface area contributed by atoms with E-state index in [4.69, 9.17) is 9.47 Å². The van der Waals surface area contributed by atoms with Crippen LogP contribution in [0.15, 0.2) is 0 Å². The van der Waals surface area contributed by atoms with Gasteiger partial charge in [0, 0.05) is 25.4 Å². The lowest BCUT2D eigenvalue weighted by Gasteiger charge is -2.17. The van der Waals surface area contributed by atoms with Crippen LogP contribution in [0.1, 0.15) is 19.8 Å². The smallest absolute Gasteiger partial charge is 0.148 e. The molecule has 2 N–H and O–H groups in total. The molecule has 7 heteroatoms. The number of nitrogens with one attached hydrogen (secondary N) is 1. The molecule has 0 aromatic carbocycles. The van der Waals surface area contributed by atoms with E-state index in [1.165, 1.54) is 6.26 Å². The maximum absolute atomic E-state index is 11.1. The highest BCUT2D eigenvalue weighted by Gasteiger charge is 2.16. The normalized spacial score (nSPS) is 23.4. The van der Waals surface area contributed by atoms with Crippen molar-refractivity contribution in [3.8, 4) is 0 Å². The molecule has 0 aromatic heterocycles. The fourth-order valence-electron chi connectivity index (χ4n) is 2.02. The molecule has 19 heavy (non-hydrogen) atoms. The van der Waals surface area contributed by atoms with Gasteiger partial charge in [-0.05, 0) is 19.8 Å². The van der Waals surface area contributed by atoms with Gasteiger partial charge in [0.05, 0.1) is 31.2 Å². The second-order valence-corrected chi connectivity index (χ2v) is 7.41. The quantitative estimate of drug-likeness (QED) is 0.600. The maximum Gasteiger partial charge on any atom is 0.148 e. The van der Waals surface area contributed by atoms with Crippen molar-refractivity contribution in [2.75, 3.05) is 38.4 Å². The van der Waals surface area contributed by atoms with E-state index >= 15 is 0 Å². The van der Waals surface area contributed by atoms with Crippen molar-refractivity contribution in [2.24, 2.45) is 0 Å². The van der Waals surface area contributed by atoms with Gasteiger partial charge in [0.25, 0.3) is 0 Å². The van der Waals surface area contributed by atoms with Gasteiger partial charge >= 0.3 is 0 Å². The maximum atomic E-state index is 11.1. The summed E-state index contributed by atoms with van der Waals surface area (Å²) in [6.45, 7) is 3.64. The summed E-state index contributed by atoms with van der Waals surface area (Å²) >= 11 is 0. The molecule has 0 radical (unpaired) electrons. The lowest BCUT2D eigenvalue weighted by molar-refractivity contribution is -0.0167. The van der Waals surface area contributed by atoms with E-state index in [-0.39, 0.29) is 24.5 Å². The molecule has 1 rings (SSSR count). The Kier molecular flexibility index (Phi) is 7.23. The highest BCUT2D eigenvalue weighted by Crippen LogP contribution is 2.11. The number of rotatable bonds is 9. The van der Waals surface area contributed by atoms with Crippen LogP contribution in [0.25, 0.3) is 0 Å². The van der Waals surface area contributed by atoms with Crippen LogP contribution in [0, 0.1) is 0 Å². The topological polar surface area (TPSA) is 84.9 Å². The monoisotopic (exact) mass is 295 g/mol. The second kappa shape index (κ2) is 8.16. The van der Waals surface area contributed by atoms with Crippen molar-refractivity contribution in [1.82, 2.24) is 5.32 Å². The van der Waals surface area contributed by atoms with Gasteiger partial charge in [-0.3, -0.25) is 0 Å². The first-order chi connectivity index (χ1) is 8.87. The zero-order chi connectivity index (χ0) is 14.3. The molecule has 0 aromatic rings. The first-order valence-corrected chi connectivity index (χ1v) is 8.71. The molecule has 0 aliphatic carbocycles. The number of ether oxygens (including phenoxy) is 2. The molecule has 1 saturated heterocycles. The third-order valence-electron chi connectivity index (χ3n) is 2.89. The fraction of sp³-hybridized carbons (Fsp3) is 1.00. The fourth-order valence-corrected chi connectivity index (χ4v) is 3.05. The van der Waals surface area contributed by atoms with E-state index < -0.39 is 15.9 Å². The third-order valence-corrected chi connectivity index (χ3v) is 4.00. The van der Waals surface area contributed by atoms with Gasteiger partial charge in [0.2, 0.25) is 0 Å². The van der Waals surface area contributed by atoms with E-state index in [2.05, 4.69) is 5.32 Å². The molecular weight excluding hydrogens is 270 g/mol. The average molecular weight is 295 g/mol. The minimum Gasteiger partial charge on any atom is -0.389 e. The van der Waals surface area contributed by atoms with Gasteiger partial charge in [0.15, 0.2) is 0 Å². The molecule has 0 bridgehead atoms. The molecule has 1 aliphatic rings. The van der Waals surface area contributed by atoms with E-state index in [1.807, 2.05) is 0 Å². The molecule has 0 spiro atoms. The van der Waals surface area contributed by atoms with Crippen molar-refractivity contribution in [3.63, 3.8) is 0 Å². The Morgan fingerprint density at radius 3 is 2.84 bits per heavy atom. The minimum absolute atomic E-state index is 0.0660. The molecule has 0 amide bonds. The molecule has 0 saturated carbocycles. The van der Waals surface area contributed by atoms with Crippen LogP contribution in [0.3, 0.4) is 0 Å². The molecular formula is C12H25NO5S. The highest BCUT2D eigenvalue weighted by atomic mass is 32.2. The first-order valence-electron chi connectivity index (χ1n) is 6.65. The van der Waals surface area contributed by atoms with E-state index in [9.17, 15) is 13.5 Å². The summed E-state index contributed by atoms with van der Waals surface area (Å²) in [5.41, 5.74) is 0. The SMILES string of the molecule is CC(CS(C)(=O)=O)NCC(O)COCC1CCCO1. The van der Waals surface area contributed by atoms with Crippen LogP contribution in [-0.4, -0.2) is 70.1 Å². The van der Waals surface area contributed by atoms with Crippen LogP contribution in [0.2, 0.25) is 0 Å². The Labute approximate surface area is 115 Å². The van der Waals surface area contributed by atoms with Crippen molar-refractivity contribution < 1.29 is 23.0 Å². The summed E-state index contributed by atoms with van der Waals surface area (Å²) in [6, 6.07) is -0.178. The van der Waals surface area contributed by atoms with Crippen molar-refractivity contribution in [1.29, 1.82) is 0 Å². The summed E-state index contributed by atoms with van der Waals surface area (Å²) in [5, 5.41) is 12.7. The Hall–Kier alpha value is -0.210. The number of hydrogen-bond donors (Lipinski definition) is 2. The zero-order valence-corrected chi connectivity index (χ0v) is 12.5. The summed E-state index contributed by atoms with van der Waals surface area (Å²) in [6.07, 6.45) is 2.81. The van der Waals surface area contributed by atoms with E-state index in [0.29, 0.717) is 13.2 Å². The second-order valence-electron chi connectivity index (χ2n) is 5.23. The van der Waals surface area contributed by atoms with Gasteiger partial charge in [0.1, 0.15) is 9.84 Å².